The highest BCUT2D eigenvalue weighted by atomic mass is 19.1. The van der Waals surface area contributed by atoms with Gasteiger partial charge in [0.15, 0.2) is 5.96 Å². The Bertz CT molecular complexity index is 309. The van der Waals surface area contributed by atoms with Crippen molar-refractivity contribution in [2.24, 2.45) is 16.5 Å². The third-order valence-corrected chi connectivity index (χ3v) is 1.77. The maximum atomic E-state index is 13.1. The SMILES string of the molecule is Cc1cccc(F)c1CN=C(N)N. The zero-order valence-electron chi connectivity index (χ0n) is 7.42. The van der Waals surface area contributed by atoms with Crippen LogP contribution in [0.2, 0.25) is 0 Å². The summed E-state index contributed by atoms with van der Waals surface area (Å²) in [6.07, 6.45) is 0. The zero-order chi connectivity index (χ0) is 9.84. The van der Waals surface area contributed by atoms with E-state index < -0.39 is 0 Å². The Morgan fingerprint density at radius 2 is 2.15 bits per heavy atom. The summed E-state index contributed by atoms with van der Waals surface area (Å²) in [7, 11) is 0. The monoisotopic (exact) mass is 181 g/mol. The van der Waals surface area contributed by atoms with Crippen molar-refractivity contribution >= 4 is 5.96 Å². The minimum Gasteiger partial charge on any atom is -0.370 e. The van der Waals surface area contributed by atoms with Gasteiger partial charge in [0.25, 0.3) is 0 Å². The lowest BCUT2D eigenvalue weighted by Gasteiger charge is -2.03. The van der Waals surface area contributed by atoms with Gasteiger partial charge in [-0.1, -0.05) is 12.1 Å². The molecular weight excluding hydrogens is 169 g/mol. The van der Waals surface area contributed by atoms with Crippen LogP contribution in [0.4, 0.5) is 4.39 Å². The molecule has 0 aliphatic rings. The molecule has 0 spiro atoms. The van der Waals surface area contributed by atoms with Gasteiger partial charge >= 0.3 is 0 Å². The third-order valence-electron chi connectivity index (χ3n) is 1.77. The second kappa shape index (κ2) is 3.89. The van der Waals surface area contributed by atoms with Crippen LogP contribution in [0.1, 0.15) is 11.1 Å². The van der Waals surface area contributed by atoms with Crippen LogP contribution in [0.5, 0.6) is 0 Å². The summed E-state index contributed by atoms with van der Waals surface area (Å²) in [5, 5.41) is 0. The van der Waals surface area contributed by atoms with Gasteiger partial charge < -0.3 is 11.5 Å². The minimum atomic E-state index is -0.273. The third kappa shape index (κ3) is 2.43. The maximum absolute atomic E-state index is 13.1. The van der Waals surface area contributed by atoms with E-state index in [1.54, 1.807) is 6.07 Å². The Labute approximate surface area is 76.3 Å². The number of benzene rings is 1. The molecule has 0 unspecified atom stereocenters. The first-order valence-electron chi connectivity index (χ1n) is 3.90. The standard InChI is InChI=1S/C9H12FN3/c1-6-3-2-4-8(10)7(6)5-13-9(11)12/h2-4H,5H2,1H3,(H4,11,12,13). The Morgan fingerprint density at radius 3 is 2.69 bits per heavy atom. The van der Waals surface area contributed by atoms with Crippen molar-refractivity contribution in [3.05, 3.63) is 35.1 Å². The number of nitrogens with two attached hydrogens (primary N) is 2. The van der Waals surface area contributed by atoms with E-state index in [1.165, 1.54) is 6.07 Å². The van der Waals surface area contributed by atoms with Crippen molar-refractivity contribution in [3.63, 3.8) is 0 Å². The van der Waals surface area contributed by atoms with Crippen LogP contribution < -0.4 is 11.5 Å². The van der Waals surface area contributed by atoms with Gasteiger partial charge in [-0.05, 0) is 18.6 Å². The first kappa shape index (κ1) is 9.51. The molecule has 0 fully saturated rings. The summed E-state index contributed by atoms with van der Waals surface area (Å²) in [5.41, 5.74) is 11.7. The largest absolute Gasteiger partial charge is 0.370 e. The van der Waals surface area contributed by atoms with Gasteiger partial charge in [0.2, 0.25) is 0 Å². The fraction of sp³-hybridized carbons (Fsp3) is 0.222. The topological polar surface area (TPSA) is 64.4 Å². The average molecular weight is 181 g/mol. The predicted molar refractivity (Wildman–Crippen MR) is 50.7 cm³/mol. The Kier molecular flexibility index (Phi) is 2.84. The molecule has 4 N–H and O–H groups in total. The number of nitrogens with zero attached hydrogens (tertiary/aromatic N) is 1. The highest BCUT2D eigenvalue weighted by molar-refractivity contribution is 5.75. The quantitative estimate of drug-likeness (QED) is 0.526. The fourth-order valence-corrected chi connectivity index (χ4v) is 1.04. The number of guanidine groups is 1. The molecule has 70 valence electrons. The highest BCUT2D eigenvalue weighted by Crippen LogP contribution is 2.13. The summed E-state index contributed by atoms with van der Waals surface area (Å²) < 4.78 is 13.1. The highest BCUT2D eigenvalue weighted by Gasteiger charge is 2.03. The molecule has 1 aromatic rings. The van der Waals surface area contributed by atoms with Crippen LogP contribution in [0.25, 0.3) is 0 Å². The molecule has 0 saturated carbocycles. The molecule has 0 aliphatic carbocycles. The van der Waals surface area contributed by atoms with Gasteiger partial charge in [0, 0.05) is 5.56 Å². The molecule has 1 aromatic carbocycles. The van der Waals surface area contributed by atoms with Gasteiger partial charge in [-0.25, -0.2) is 9.38 Å². The lowest BCUT2D eigenvalue weighted by Crippen LogP contribution is -2.22. The van der Waals surface area contributed by atoms with E-state index in [2.05, 4.69) is 4.99 Å². The van der Waals surface area contributed by atoms with Crippen LogP contribution in [-0.2, 0) is 6.54 Å². The first-order valence-corrected chi connectivity index (χ1v) is 3.90. The number of hydrogen-bond donors (Lipinski definition) is 2. The van der Waals surface area contributed by atoms with Crippen molar-refractivity contribution in [2.75, 3.05) is 0 Å². The van der Waals surface area contributed by atoms with Gasteiger partial charge in [-0.15, -0.1) is 0 Å². The van der Waals surface area contributed by atoms with E-state index in [4.69, 9.17) is 11.5 Å². The molecular formula is C9H12FN3. The number of rotatable bonds is 2. The Morgan fingerprint density at radius 1 is 1.46 bits per heavy atom. The smallest absolute Gasteiger partial charge is 0.186 e. The van der Waals surface area contributed by atoms with Crippen molar-refractivity contribution in [2.45, 2.75) is 13.5 Å². The van der Waals surface area contributed by atoms with Gasteiger partial charge in [-0.2, -0.15) is 0 Å². The normalized spacial score (nSPS) is 9.69. The van der Waals surface area contributed by atoms with Crippen LogP contribution in [0.3, 0.4) is 0 Å². The number of hydrogen-bond acceptors (Lipinski definition) is 1. The minimum absolute atomic E-state index is 0.0253. The molecule has 13 heavy (non-hydrogen) atoms. The van der Waals surface area contributed by atoms with E-state index in [1.807, 2.05) is 13.0 Å². The van der Waals surface area contributed by atoms with E-state index in [-0.39, 0.29) is 18.3 Å². The lowest BCUT2D eigenvalue weighted by molar-refractivity contribution is 0.609. The summed E-state index contributed by atoms with van der Waals surface area (Å²) >= 11 is 0. The molecule has 4 heteroatoms. The first-order chi connectivity index (χ1) is 6.11. The number of aryl methyl sites for hydroxylation is 1. The number of aliphatic imine (C=N–C) groups is 1. The van der Waals surface area contributed by atoms with E-state index >= 15 is 0 Å². The molecule has 0 aliphatic heterocycles. The Hall–Kier alpha value is -1.58. The predicted octanol–water partition coefficient (Wildman–Crippen LogP) is 0.908. The molecule has 1 rings (SSSR count). The van der Waals surface area contributed by atoms with Crippen molar-refractivity contribution in [1.29, 1.82) is 0 Å². The molecule has 0 bridgehead atoms. The fourth-order valence-electron chi connectivity index (χ4n) is 1.04. The van der Waals surface area contributed by atoms with E-state index in [9.17, 15) is 4.39 Å². The van der Waals surface area contributed by atoms with E-state index in [0.717, 1.165) is 5.56 Å². The second-order valence-corrected chi connectivity index (χ2v) is 2.78. The van der Waals surface area contributed by atoms with Crippen LogP contribution in [-0.4, -0.2) is 5.96 Å². The molecule has 0 aromatic heterocycles. The molecule has 0 atom stereocenters. The van der Waals surface area contributed by atoms with Crippen molar-refractivity contribution < 1.29 is 4.39 Å². The Balaban J connectivity index is 2.94. The molecule has 0 heterocycles. The molecule has 3 nitrogen and oxygen atoms in total. The van der Waals surface area contributed by atoms with E-state index in [0.29, 0.717) is 5.56 Å². The van der Waals surface area contributed by atoms with Gasteiger partial charge in [0.05, 0.1) is 6.54 Å². The summed E-state index contributed by atoms with van der Waals surface area (Å²) in [6.45, 7) is 2.02. The average Bonchev–Trinajstić information content (AvgIpc) is 2.03. The maximum Gasteiger partial charge on any atom is 0.186 e. The molecule has 0 amide bonds. The number of halogens is 1. The van der Waals surface area contributed by atoms with Gasteiger partial charge in [0.1, 0.15) is 5.82 Å². The molecule has 0 saturated heterocycles. The summed E-state index contributed by atoms with van der Waals surface area (Å²) in [6, 6.07) is 4.87. The summed E-state index contributed by atoms with van der Waals surface area (Å²) in [4.78, 5) is 3.75. The van der Waals surface area contributed by atoms with Crippen molar-refractivity contribution in [1.82, 2.24) is 0 Å². The van der Waals surface area contributed by atoms with Gasteiger partial charge in [-0.3, -0.25) is 0 Å². The lowest BCUT2D eigenvalue weighted by atomic mass is 10.1. The second-order valence-electron chi connectivity index (χ2n) is 2.78. The summed E-state index contributed by atoms with van der Waals surface area (Å²) in [5.74, 6) is -0.298. The van der Waals surface area contributed by atoms with Crippen LogP contribution in [0, 0.1) is 12.7 Å². The zero-order valence-corrected chi connectivity index (χ0v) is 7.42. The molecule has 0 radical (unpaired) electrons. The van der Waals surface area contributed by atoms with Crippen LogP contribution >= 0.6 is 0 Å². The van der Waals surface area contributed by atoms with Crippen LogP contribution in [0.15, 0.2) is 23.2 Å². The van der Waals surface area contributed by atoms with Crippen molar-refractivity contribution in [3.8, 4) is 0 Å².